The number of benzene rings is 2. The fourth-order valence-electron chi connectivity index (χ4n) is 2.79. The van der Waals surface area contributed by atoms with Gasteiger partial charge in [0.2, 0.25) is 0 Å². The van der Waals surface area contributed by atoms with Gasteiger partial charge in [0, 0.05) is 16.8 Å². The van der Waals surface area contributed by atoms with E-state index in [9.17, 15) is 9.59 Å². The number of carboxylic acid groups (broad SMARTS) is 1. The van der Waals surface area contributed by atoms with Crippen molar-refractivity contribution in [1.82, 2.24) is 0 Å². The number of nitrogens with zero attached hydrogens (tertiary/aromatic N) is 1. The smallest absolute Gasteiger partial charge is 0.310 e. The molecule has 1 unspecified atom stereocenters. The number of carboxylic acids is 1. The monoisotopic (exact) mass is 311 g/mol. The Morgan fingerprint density at radius 1 is 1.22 bits per heavy atom. The van der Waals surface area contributed by atoms with Crippen LogP contribution in [0.25, 0.3) is 0 Å². The van der Waals surface area contributed by atoms with Crippen molar-refractivity contribution in [2.45, 2.75) is 19.4 Å². The van der Waals surface area contributed by atoms with Crippen LogP contribution in [0.4, 0.5) is 5.69 Å². The summed E-state index contributed by atoms with van der Waals surface area (Å²) in [5.74, 6) is -0.810. The molecule has 0 radical (unpaired) electrons. The summed E-state index contributed by atoms with van der Waals surface area (Å²) in [5, 5.41) is 9.06. The number of anilines is 1. The standard InChI is InChI=1S/C18H17NO4/c1-11(18(21)22)12-6-8-13(9-7-12)19-10-15-14(17(19)20)4-3-5-16(15)23-2/h3-9,11H,10H2,1-2H3,(H,21,22). The SMILES string of the molecule is COc1cccc2c1CN(c1ccc(C(C)C(=O)O)cc1)C2=O. The fourth-order valence-corrected chi connectivity index (χ4v) is 2.79. The van der Waals surface area contributed by atoms with Gasteiger partial charge in [-0.25, -0.2) is 0 Å². The maximum Gasteiger partial charge on any atom is 0.310 e. The van der Waals surface area contributed by atoms with Gasteiger partial charge in [0.1, 0.15) is 5.75 Å². The van der Waals surface area contributed by atoms with Crippen molar-refractivity contribution in [3.05, 3.63) is 59.2 Å². The first-order valence-electron chi connectivity index (χ1n) is 7.33. The van der Waals surface area contributed by atoms with E-state index in [1.165, 1.54) is 0 Å². The van der Waals surface area contributed by atoms with E-state index < -0.39 is 11.9 Å². The van der Waals surface area contributed by atoms with E-state index in [1.54, 1.807) is 55.3 Å². The van der Waals surface area contributed by atoms with Gasteiger partial charge in [0.25, 0.3) is 5.91 Å². The lowest BCUT2D eigenvalue weighted by Crippen LogP contribution is -2.23. The molecule has 0 fully saturated rings. The third kappa shape index (κ3) is 2.54. The van der Waals surface area contributed by atoms with Crippen LogP contribution in [-0.2, 0) is 11.3 Å². The number of hydrogen-bond donors (Lipinski definition) is 1. The summed E-state index contributed by atoms with van der Waals surface area (Å²) in [6, 6.07) is 12.5. The normalized spacial score (nSPS) is 14.5. The van der Waals surface area contributed by atoms with Gasteiger partial charge in [-0.15, -0.1) is 0 Å². The summed E-state index contributed by atoms with van der Waals surface area (Å²) in [4.78, 5) is 25.3. The van der Waals surface area contributed by atoms with Crippen LogP contribution in [0.1, 0.15) is 34.3 Å². The molecule has 1 heterocycles. The number of carbonyl (C=O) groups excluding carboxylic acids is 1. The van der Waals surface area contributed by atoms with Crippen molar-refractivity contribution in [1.29, 1.82) is 0 Å². The predicted molar refractivity (Wildman–Crippen MR) is 86.0 cm³/mol. The van der Waals surface area contributed by atoms with Crippen LogP contribution in [0.5, 0.6) is 5.75 Å². The number of rotatable bonds is 4. The molecule has 1 aliphatic rings. The molecule has 2 aromatic rings. The molecule has 3 rings (SSSR count). The lowest BCUT2D eigenvalue weighted by atomic mass is 10.0. The molecule has 23 heavy (non-hydrogen) atoms. The molecular weight excluding hydrogens is 294 g/mol. The van der Waals surface area contributed by atoms with Gasteiger partial charge in [-0.05, 0) is 36.8 Å². The Kier molecular flexibility index (Phi) is 3.78. The van der Waals surface area contributed by atoms with Gasteiger partial charge in [-0.2, -0.15) is 0 Å². The quantitative estimate of drug-likeness (QED) is 0.942. The molecule has 5 nitrogen and oxygen atoms in total. The molecule has 1 atom stereocenters. The first-order valence-corrected chi connectivity index (χ1v) is 7.33. The summed E-state index contributed by atoms with van der Waals surface area (Å²) in [7, 11) is 1.59. The Labute approximate surface area is 134 Å². The van der Waals surface area contributed by atoms with Crippen LogP contribution in [0.2, 0.25) is 0 Å². The first-order chi connectivity index (χ1) is 11.0. The zero-order valence-corrected chi connectivity index (χ0v) is 12.9. The Hall–Kier alpha value is -2.82. The van der Waals surface area contributed by atoms with Gasteiger partial charge in [0.15, 0.2) is 0 Å². The van der Waals surface area contributed by atoms with Gasteiger partial charge in [0.05, 0.1) is 19.6 Å². The van der Waals surface area contributed by atoms with Crippen molar-refractivity contribution in [3.63, 3.8) is 0 Å². The zero-order chi connectivity index (χ0) is 16.6. The Bertz CT molecular complexity index is 767. The molecule has 0 bridgehead atoms. The molecule has 0 saturated carbocycles. The van der Waals surface area contributed by atoms with E-state index in [0.29, 0.717) is 23.4 Å². The van der Waals surface area contributed by atoms with Crippen molar-refractivity contribution in [3.8, 4) is 5.75 Å². The van der Waals surface area contributed by atoms with Crippen molar-refractivity contribution in [2.75, 3.05) is 12.0 Å². The molecule has 118 valence electrons. The lowest BCUT2D eigenvalue weighted by Gasteiger charge is -2.17. The van der Waals surface area contributed by atoms with Crippen LogP contribution in [0, 0.1) is 0 Å². The van der Waals surface area contributed by atoms with Crippen LogP contribution in [-0.4, -0.2) is 24.1 Å². The van der Waals surface area contributed by atoms with Crippen LogP contribution >= 0.6 is 0 Å². The number of ether oxygens (including phenoxy) is 1. The molecule has 1 aliphatic heterocycles. The number of methoxy groups -OCH3 is 1. The largest absolute Gasteiger partial charge is 0.496 e. The highest BCUT2D eigenvalue weighted by molar-refractivity contribution is 6.10. The first kappa shape index (κ1) is 15.1. The van der Waals surface area contributed by atoms with Gasteiger partial charge < -0.3 is 14.7 Å². The van der Waals surface area contributed by atoms with Crippen LogP contribution in [0.15, 0.2) is 42.5 Å². The number of amides is 1. The Morgan fingerprint density at radius 3 is 2.52 bits per heavy atom. The second kappa shape index (κ2) is 5.76. The molecule has 0 spiro atoms. The summed E-state index contributed by atoms with van der Waals surface area (Å²) in [6.45, 7) is 2.09. The average molecular weight is 311 g/mol. The average Bonchev–Trinajstić information content (AvgIpc) is 2.91. The molecule has 5 heteroatoms. The topological polar surface area (TPSA) is 66.8 Å². The molecule has 2 aromatic carbocycles. The van der Waals surface area contributed by atoms with Crippen molar-refractivity contribution in [2.24, 2.45) is 0 Å². The predicted octanol–water partition coefficient (Wildman–Crippen LogP) is 3.04. The van der Waals surface area contributed by atoms with E-state index in [-0.39, 0.29) is 5.91 Å². The summed E-state index contributed by atoms with van der Waals surface area (Å²) >= 11 is 0. The molecule has 0 aliphatic carbocycles. The maximum atomic E-state index is 12.6. The molecule has 0 aromatic heterocycles. The Balaban J connectivity index is 1.90. The highest BCUT2D eigenvalue weighted by Crippen LogP contribution is 2.34. The third-order valence-corrected chi connectivity index (χ3v) is 4.22. The van der Waals surface area contributed by atoms with E-state index in [4.69, 9.17) is 9.84 Å². The van der Waals surface area contributed by atoms with Crippen LogP contribution < -0.4 is 9.64 Å². The zero-order valence-electron chi connectivity index (χ0n) is 12.9. The highest BCUT2D eigenvalue weighted by atomic mass is 16.5. The van der Waals surface area contributed by atoms with E-state index in [1.807, 2.05) is 6.07 Å². The molecule has 0 saturated heterocycles. The number of hydrogen-bond acceptors (Lipinski definition) is 3. The van der Waals surface area contributed by atoms with Gasteiger partial charge in [-0.1, -0.05) is 18.2 Å². The van der Waals surface area contributed by atoms with Crippen molar-refractivity contribution < 1.29 is 19.4 Å². The summed E-state index contributed by atoms with van der Waals surface area (Å²) in [5.41, 5.74) is 2.98. The highest BCUT2D eigenvalue weighted by Gasteiger charge is 2.30. The minimum absolute atomic E-state index is 0.0714. The maximum absolute atomic E-state index is 12.6. The fraction of sp³-hybridized carbons (Fsp3) is 0.222. The third-order valence-electron chi connectivity index (χ3n) is 4.22. The summed E-state index contributed by atoms with van der Waals surface area (Å²) < 4.78 is 5.32. The molecular formula is C18H17NO4. The number of fused-ring (bicyclic) bond motifs is 1. The number of carbonyl (C=O) groups is 2. The van der Waals surface area contributed by atoms with E-state index in [2.05, 4.69) is 0 Å². The van der Waals surface area contributed by atoms with Crippen LogP contribution in [0.3, 0.4) is 0 Å². The minimum Gasteiger partial charge on any atom is -0.496 e. The summed E-state index contributed by atoms with van der Waals surface area (Å²) in [6.07, 6.45) is 0. The number of aliphatic carboxylic acids is 1. The lowest BCUT2D eigenvalue weighted by molar-refractivity contribution is -0.138. The minimum atomic E-state index is -0.868. The second-order valence-corrected chi connectivity index (χ2v) is 5.53. The van der Waals surface area contributed by atoms with Gasteiger partial charge >= 0.3 is 5.97 Å². The van der Waals surface area contributed by atoms with Gasteiger partial charge in [-0.3, -0.25) is 9.59 Å². The van der Waals surface area contributed by atoms with E-state index in [0.717, 1.165) is 11.3 Å². The second-order valence-electron chi connectivity index (χ2n) is 5.53. The Morgan fingerprint density at radius 2 is 1.91 bits per heavy atom. The van der Waals surface area contributed by atoms with E-state index >= 15 is 0 Å². The molecule has 1 amide bonds. The van der Waals surface area contributed by atoms with Crippen molar-refractivity contribution >= 4 is 17.6 Å². The molecule has 1 N–H and O–H groups in total.